The molecule has 2 heteroatoms. The van der Waals surface area contributed by atoms with Crippen LogP contribution in [0.1, 0.15) is 5.56 Å². The first kappa shape index (κ1) is 23.3. The van der Waals surface area contributed by atoms with Crippen LogP contribution in [0.25, 0.3) is 54.9 Å². The molecule has 0 bridgehead atoms. The van der Waals surface area contributed by atoms with Gasteiger partial charge in [-0.25, -0.2) is 0 Å². The minimum absolute atomic E-state index is 1.02. The SMILES string of the molecule is N=C/C=C\N=Cc1ccc(-c2c3ccccc3c(-c3ccccc3)c3cc(-c4ccccc4)ccc23)cc1. The third kappa shape index (κ3) is 4.44. The van der Waals surface area contributed by atoms with Gasteiger partial charge in [0.15, 0.2) is 0 Å². The molecule has 6 aromatic rings. The Morgan fingerprint density at radius 1 is 0.474 bits per heavy atom. The summed E-state index contributed by atoms with van der Waals surface area (Å²) in [7, 11) is 0. The Morgan fingerprint density at radius 3 is 1.66 bits per heavy atom. The lowest BCUT2D eigenvalue weighted by Crippen LogP contribution is -1.92. The van der Waals surface area contributed by atoms with Crippen molar-refractivity contribution in [1.29, 1.82) is 5.41 Å². The van der Waals surface area contributed by atoms with Crippen LogP contribution in [0.3, 0.4) is 0 Å². The molecule has 0 radical (unpaired) electrons. The summed E-state index contributed by atoms with van der Waals surface area (Å²) >= 11 is 0. The van der Waals surface area contributed by atoms with E-state index in [2.05, 4.69) is 132 Å². The molecule has 0 saturated heterocycles. The van der Waals surface area contributed by atoms with Crippen molar-refractivity contribution in [3.63, 3.8) is 0 Å². The first-order valence-corrected chi connectivity index (χ1v) is 12.7. The molecule has 0 aromatic heterocycles. The summed E-state index contributed by atoms with van der Waals surface area (Å²) in [6, 6.07) is 45.4. The summed E-state index contributed by atoms with van der Waals surface area (Å²) in [5.41, 5.74) is 8.33. The van der Waals surface area contributed by atoms with E-state index in [4.69, 9.17) is 5.41 Å². The fourth-order valence-electron chi connectivity index (χ4n) is 5.17. The summed E-state index contributed by atoms with van der Waals surface area (Å²) in [5, 5.41) is 12.0. The number of nitrogens with one attached hydrogen (secondary N) is 1. The summed E-state index contributed by atoms with van der Waals surface area (Å²) in [6.07, 6.45) is 6.25. The van der Waals surface area contributed by atoms with Crippen molar-refractivity contribution in [3.05, 3.63) is 145 Å². The topological polar surface area (TPSA) is 36.2 Å². The lowest BCUT2D eigenvalue weighted by atomic mass is 9.85. The molecule has 1 N–H and O–H groups in total. The van der Waals surface area contributed by atoms with Gasteiger partial charge in [0.2, 0.25) is 0 Å². The highest BCUT2D eigenvalue weighted by molar-refractivity contribution is 6.22. The maximum absolute atomic E-state index is 7.09. The average molecular weight is 487 g/mol. The molecule has 0 aliphatic rings. The van der Waals surface area contributed by atoms with Gasteiger partial charge in [-0.05, 0) is 72.6 Å². The van der Waals surface area contributed by atoms with Gasteiger partial charge in [-0.2, -0.15) is 0 Å². The third-order valence-electron chi connectivity index (χ3n) is 6.88. The van der Waals surface area contributed by atoms with Crippen LogP contribution in [0.2, 0.25) is 0 Å². The maximum Gasteiger partial charge on any atom is 0.0340 e. The first-order chi connectivity index (χ1) is 18.8. The van der Waals surface area contributed by atoms with Crippen molar-refractivity contribution >= 4 is 34.0 Å². The molecule has 180 valence electrons. The van der Waals surface area contributed by atoms with Gasteiger partial charge >= 0.3 is 0 Å². The number of hydrogen-bond donors (Lipinski definition) is 1. The largest absolute Gasteiger partial charge is 0.309 e. The molecule has 0 heterocycles. The number of aliphatic imine (C=N–C) groups is 1. The highest BCUT2D eigenvalue weighted by Gasteiger charge is 2.17. The van der Waals surface area contributed by atoms with Crippen molar-refractivity contribution in [3.8, 4) is 33.4 Å². The highest BCUT2D eigenvalue weighted by Crippen LogP contribution is 2.44. The Labute approximate surface area is 222 Å². The molecule has 6 rings (SSSR count). The number of rotatable bonds is 6. The molecule has 0 unspecified atom stereocenters. The van der Waals surface area contributed by atoms with Gasteiger partial charge in [-0.3, -0.25) is 4.99 Å². The maximum atomic E-state index is 7.09. The van der Waals surface area contributed by atoms with E-state index in [1.165, 1.54) is 61.1 Å². The second-order valence-electron chi connectivity index (χ2n) is 9.20. The van der Waals surface area contributed by atoms with Crippen LogP contribution < -0.4 is 0 Å². The molecule has 0 atom stereocenters. The van der Waals surface area contributed by atoms with Crippen molar-refractivity contribution in [1.82, 2.24) is 0 Å². The van der Waals surface area contributed by atoms with E-state index in [9.17, 15) is 0 Å². The Bertz CT molecular complexity index is 1800. The quantitative estimate of drug-likeness (QED) is 0.180. The molecule has 0 aliphatic heterocycles. The highest BCUT2D eigenvalue weighted by atomic mass is 14.7. The summed E-state index contributed by atoms with van der Waals surface area (Å²) in [6.45, 7) is 0. The van der Waals surface area contributed by atoms with Gasteiger partial charge in [0.1, 0.15) is 0 Å². The van der Waals surface area contributed by atoms with Crippen molar-refractivity contribution in [2.45, 2.75) is 0 Å². The minimum atomic E-state index is 1.02. The van der Waals surface area contributed by atoms with Crippen LogP contribution in [-0.4, -0.2) is 12.4 Å². The average Bonchev–Trinajstić information content (AvgIpc) is 2.99. The molecule has 0 fully saturated rings. The van der Waals surface area contributed by atoms with E-state index in [0.717, 1.165) is 5.56 Å². The van der Waals surface area contributed by atoms with E-state index in [-0.39, 0.29) is 0 Å². The van der Waals surface area contributed by atoms with Gasteiger partial charge < -0.3 is 5.41 Å². The zero-order valence-corrected chi connectivity index (χ0v) is 20.9. The normalized spacial score (nSPS) is 11.6. The smallest absolute Gasteiger partial charge is 0.0340 e. The fraction of sp³-hybridized carbons (Fsp3) is 0. The number of allylic oxidation sites excluding steroid dienone is 1. The number of hydrogen-bond acceptors (Lipinski definition) is 2. The van der Waals surface area contributed by atoms with Gasteiger partial charge in [0.25, 0.3) is 0 Å². The summed E-state index contributed by atoms with van der Waals surface area (Å²) in [4.78, 5) is 4.26. The number of fused-ring (bicyclic) bond motifs is 2. The van der Waals surface area contributed by atoms with Crippen LogP contribution in [-0.2, 0) is 0 Å². The van der Waals surface area contributed by atoms with Crippen molar-refractivity contribution in [2.24, 2.45) is 4.99 Å². The monoisotopic (exact) mass is 486 g/mol. The predicted molar refractivity (Wildman–Crippen MR) is 163 cm³/mol. The van der Waals surface area contributed by atoms with Crippen LogP contribution >= 0.6 is 0 Å². The Hall–Kier alpha value is -5.08. The molecule has 2 nitrogen and oxygen atoms in total. The fourth-order valence-corrected chi connectivity index (χ4v) is 5.17. The lowest BCUT2D eigenvalue weighted by molar-refractivity contribution is 1.54. The molecule has 38 heavy (non-hydrogen) atoms. The molecule has 0 aliphatic carbocycles. The van der Waals surface area contributed by atoms with Gasteiger partial charge in [-0.15, -0.1) is 0 Å². The van der Waals surface area contributed by atoms with Gasteiger partial charge in [0.05, 0.1) is 0 Å². The lowest BCUT2D eigenvalue weighted by Gasteiger charge is -2.19. The summed E-state index contributed by atoms with van der Waals surface area (Å²) in [5.74, 6) is 0. The summed E-state index contributed by atoms with van der Waals surface area (Å²) < 4.78 is 0. The predicted octanol–water partition coefficient (Wildman–Crippen LogP) is 9.58. The zero-order valence-electron chi connectivity index (χ0n) is 20.9. The molecule has 0 spiro atoms. The molecule has 0 amide bonds. The Balaban J connectivity index is 1.63. The van der Waals surface area contributed by atoms with Gasteiger partial charge in [-0.1, -0.05) is 121 Å². The number of benzene rings is 6. The standard InChI is InChI=1S/C36H26N2/c37-22-9-23-38-25-26-16-18-29(19-17-26)35-31-14-7-8-15-32(31)36(28-12-5-2-6-13-28)34-24-30(20-21-33(34)35)27-10-3-1-4-11-27/h1-25,37H/b23-9-,37-22?,38-25?. The Kier molecular flexibility index (Phi) is 6.44. The van der Waals surface area contributed by atoms with Crippen LogP contribution in [0, 0.1) is 5.41 Å². The van der Waals surface area contributed by atoms with Crippen LogP contribution in [0.15, 0.2) is 145 Å². The van der Waals surface area contributed by atoms with Crippen LogP contribution in [0.4, 0.5) is 0 Å². The van der Waals surface area contributed by atoms with Crippen molar-refractivity contribution in [2.75, 3.05) is 0 Å². The van der Waals surface area contributed by atoms with Crippen molar-refractivity contribution < 1.29 is 0 Å². The van der Waals surface area contributed by atoms with E-state index >= 15 is 0 Å². The minimum Gasteiger partial charge on any atom is -0.309 e. The Morgan fingerprint density at radius 2 is 1.00 bits per heavy atom. The second-order valence-corrected chi connectivity index (χ2v) is 9.20. The molecule has 0 saturated carbocycles. The van der Waals surface area contributed by atoms with E-state index < -0.39 is 0 Å². The van der Waals surface area contributed by atoms with Crippen LogP contribution in [0.5, 0.6) is 0 Å². The van der Waals surface area contributed by atoms with E-state index in [1.807, 2.05) is 6.21 Å². The van der Waals surface area contributed by atoms with E-state index in [0.29, 0.717) is 0 Å². The molecular weight excluding hydrogens is 460 g/mol. The van der Waals surface area contributed by atoms with E-state index in [1.54, 1.807) is 12.3 Å². The molecular formula is C36H26N2. The molecule has 6 aromatic carbocycles. The third-order valence-corrected chi connectivity index (χ3v) is 6.88. The first-order valence-electron chi connectivity index (χ1n) is 12.7. The zero-order chi connectivity index (χ0) is 25.7. The number of nitrogens with zero attached hydrogens (tertiary/aromatic N) is 1. The second kappa shape index (κ2) is 10.5. The van der Waals surface area contributed by atoms with Gasteiger partial charge in [0, 0.05) is 18.6 Å².